The van der Waals surface area contributed by atoms with Crippen molar-refractivity contribution in [3.05, 3.63) is 0 Å². The van der Waals surface area contributed by atoms with Gasteiger partial charge in [0.25, 0.3) is 0 Å². The molecule has 1 saturated carbocycles. The van der Waals surface area contributed by atoms with Crippen LogP contribution in [0.1, 0.15) is 39.0 Å². The summed E-state index contributed by atoms with van der Waals surface area (Å²) in [6.07, 6.45) is 4.71. The molecule has 0 atom stereocenters. The van der Waals surface area contributed by atoms with E-state index in [2.05, 4.69) is 17.1 Å². The van der Waals surface area contributed by atoms with Gasteiger partial charge in [-0.2, -0.15) is 0 Å². The minimum Gasteiger partial charge on any atom is -0.393 e. The third-order valence-corrected chi connectivity index (χ3v) is 3.32. The Hall–Kier alpha value is -0.610. The van der Waals surface area contributed by atoms with Crippen molar-refractivity contribution in [2.24, 2.45) is 0 Å². The van der Waals surface area contributed by atoms with Gasteiger partial charge in [-0.15, -0.1) is 0 Å². The fourth-order valence-electron chi connectivity index (χ4n) is 2.36. The minimum absolute atomic E-state index is 0.0829. The van der Waals surface area contributed by atoms with E-state index < -0.39 is 0 Å². The van der Waals surface area contributed by atoms with E-state index in [-0.39, 0.29) is 12.0 Å². The molecule has 0 aromatic carbocycles. The molecule has 1 fully saturated rings. The monoisotopic (exact) mass is 228 g/mol. The van der Waals surface area contributed by atoms with Gasteiger partial charge in [0.2, 0.25) is 5.91 Å². The summed E-state index contributed by atoms with van der Waals surface area (Å²) in [6, 6.07) is 0.473. The van der Waals surface area contributed by atoms with Crippen LogP contribution < -0.4 is 5.32 Å². The molecule has 0 saturated heterocycles. The predicted octanol–water partition coefficient (Wildman–Crippen LogP) is 0.748. The van der Waals surface area contributed by atoms with Crippen LogP contribution in [0.5, 0.6) is 0 Å². The second-order valence-corrected chi connectivity index (χ2v) is 4.61. The lowest BCUT2D eigenvalue weighted by molar-refractivity contribution is -0.122. The van der Waals surface area contributed by atoms with Gasteiger partial charge in [0, 0.05) is 13.1 Å². The van der Waals surface area contributed by atoms with Crippen molar-refractivity contribution >= 4 is 5.91 Å². The Morgan fingerprint density at radius 2 is 2.00 bits per heavy atom. The molecule has 16 heavy (non-hydrogen) atoms. The Morgan fingerprint density at radius 3 is 2.50 bits per heavy atom. The normalized spacial score (nSPS) is 25.8. The third kappa shape index (κ3) is 4.10. The first-order chi connectivity index (χ1) is 7.67. The fourth-order valence-corrected chi connectivity index (χ4v) is 2.36. The first-order valence-corrected chi connectivity index (χ1v) is 6.30. The van der Waals surface area contributed by atoms with Crippen LogP contribution >= 0.6 is 0 Å². The van der Waals surface area contributed by atoms with Gasteiger partial charge in [-0.05, 0) is 38.6 Å². The van der Waals surface area contributed by atoms with Gasteiger partial charge in [0.15, 0.2) is 0 Å². The fraction of sp³-hybridized carbons (Fsp3) is 0.917. The lowest BCUT2D eigenvalue weighted by Crippen LogP contribution is -2.44. The zero-order valence-corrected chi connectivity index (χ0v) is 10.4. The highest BCUT2D eigenvalue weighted by atomic mass is 16.3. The van der Waals surface area contributed by atoms with Crippen molar-refractivity contribution in [1.29, 1.82) is 0 Å². The minimum atomic E-state index is -0.125. The molecular formula is C12H24N2O2. The molecule has 1 rings (SSSR count). The highest BCUT2D eigenvalue weighted by molar-refractivity contribution is 5.77. The van der Waals surface area contributed by atoms with Crippen LogP contribution in [-0.2, 0) is 4.79 Å². The van der Waals surface area contributed by atoms with Gasteiger partial charge in [0.1, 0.15) is 0 Å². The molecule has 0 heterocycles. The molecule has 0 radical (unpaired) electrons. The average molecular weight is 228 g/mol. The maximum absolute atomic E-state index is 11.4. The molecular weight excluding hydrogens is 204 g/mol. The summed E-state index contributed by atoms with van der Waals surface area (Å²) in [7, 11) is 1.68. The third-order valence-electron chi connectivity index (χ3n) is 3.32. The van der Waals surface area contributed by atoms with E-state index in [0.29, 0.717) is 12.6 Å². The Morgan fingerprint density at radius 1 is 1.38 bits per heavy atom. The number of carbonyl (C=O) groups excluding carboxylic acids is 1. The summed E-state index contributed by atoms with van der Waals surface area (Å²) in [4.78, 5) is 13.7. The number of nitrogens with one attached hydrogen (secondary N) is 1. The van der Waals surface area contributed by atoms with Crippen molar-refractivity contribution < 1.29 is 9.90 Å². The van der Waals surface area contributed by atoms with Crippen LogP contribution in [0.4, 0.5) is 0 Å². The molecule has 0 aliphatic heterocycles. The van der Waals surface area contributed by atoms with Crippen molar-refractivity contribution in [1.82, 2.24) is 10.2 Å². The maximum atomic E-state index is 11.4. The summed E-state index contributed by atoms with van der Waals surface area (Å²) >= 11 is 0. The Labute approximate surface area is 98.0 Å². The van der Waals surface area contributed by atoms with Crippen LogP contribution in [0, 0.1) is 0 Å². The van der Waals surface area contributed by atoms with Crippen LogP contribution in [0.15, 0.2) is 0 Å². The molecule has 0 aromatic heterocycles. The Kier molecular flexibility index (Phi) is 5.77. The summed E-state index contributed by atoms with van der Waals surface area (Å²) in [5.74, 6) is 0.0829. The standard InChI is InChI=1S/C12H24N2O2/c1-3-8-14(9-12(16)13-2)10-4-6-11(15)7-5-10/h10-11,15H,3-9H2,1-2H3,(H,13,16). The van der Waals surface area contributed by atoms with Crippen molar-refractivity contribution in [3.8, 4) is 0 Å². The average Bonchev–Trinajstić information content (AvgIpc) is 2.29. The smallest absolute Gasteiger partial charge is 0.233 e. The van der Waals surface area contributed by atoms with Gasteiger partial charge in [-0.3, -0.25) is 9.69 Å². The number of amides is 1. The molecule has 4 nitrogen and oxygen atoms in total. The molecule has 0 spiro atoms. The van der Waals surface area contributed by atoms with Gasteiger partial charge in [-0.25, -0.2) is 0 Å². The van der Waals surface area contributed by atoms with Crippen LogP contribution in [0.2, 0.25) is 0 Å². The van der Waals surface area contributed by atoms with E-state index in [1.54, 1.807) is 7.05 Å². The van der Waals surface area contributed by atoms with Crippen LogP contribution in [-0.4, -0.2) is 48.2 Å². The van der Waals surface area contributed by atoms with Gasteiger partial charge < -0.3 is 10.4 Å². The SMILES string of the molecule is CCCN(CC(=O)NC)C1CCC(O)CC1. The van der Waals surface area contributed by atoms with Crippen molar-refractivity contribution in [2.75, 3.05) is 20.1 Å². The lowest BCUT2D eigenvalue weighted by atomic mass is 9.92. The molecule has 1 aliphatic carbocycles. The number of carbonyl (C=O) groups is 1. The molecule has 0 aromatic rings. The molecule has 94 valence electrons. The number of hydrogen-bond donors (Lipinski definition) is 2. The first kappa shape index (κ1) is 13.5. The van der Waals surface area contributed by atoms with Crippen LogP contribution in [0.3, 0.4) is 0 Å². The molecule has 0 bridgehead atoms. The van der Waals surface area contributed by atoms with Crippen molar-refractivity contribution in [3.63, 3.8) is 0 Å². The molecule has 1 amide bonds. The highest BCUT2D eigenvalue weighted by Gasteiger charge is 2.25. The maximum Gasteiger partial charge on any atom is 0.233 e. The number of aliphatic hydroxyl groups excluding tert-OH is 1. The summed E-state index contributed by atoms with van der Waals surface area (Å²) < 4.78 is 0. The molecule has 0 unspecified atom stereocenters. The molecule has 4 heteroatoms. The predicted molar refractivity (Wildman–Crippen MR) is 64.2 cm³/mol. The summed E-state index contributed by atoms with van der Waals surface area (Å²) in [6.45, 7) is 3.59. The summed E-state index contributed by atoms with van der Waals surface area (Å²) in [5, 5.41) is 12.1. The quantitative estimate of drug-likeness (QED) is 0.730. The van der Waals surface area contributed by atoms with E-state index >= 15 is 0 Å². The number of hydrogen-bond acceptors (Lipinski definition) is 3. The van der Waals surface area contributed by atoms with Gasteiger partial charge in [0.05, 0.1) is 12.6 Å². The number of rotatable bonds is 5. The molecule has 1 aliphatic rings. The van der Waals surface area contributed by atoms with Crippen LogP contribution in [0.25, 0.3) is 0 Å². The van der Waals surface area contributed by atoms with E-state index in [9.17, 15) is 9.90 Å². The summed E-state index contributed by atoms with van der Waals surface area (Å²) in [5.41, 5.74) is 0. The second-order valence-electron chi connectivity index (χ2n) is 4.61. The van der Waals surface area contributed by atoms with E-state index in [4.69, 9.17) is 0 Å². The van der Waals surface area contributed by atoms with E-state index in [1.807, 2.05) is 0 Å². The number of likely N-dealkylation sites (N-methyl/N-ethyl adjacent to an activating group) is 1. The van der Waals surface area contributed by atoms with E-state index in [0.717, 1.165) is 38.6 Å². The largest absolute Gasteiger partial charge is 0.393 e. The van der Waals surface area contributed by atoms with Crippen molar-refractivity contribution in [2.45, 2.75) is 51.2 Å². The number of aliphatic hydroxyl groups is 1. The zero-order valence-electron chi connectivity index (χ0n) is 10.4. The van der Waals surface area contributed by atoms with Gasteiger partial charge >= 0.3 is 0 Å². The zero-order chi connectivity index (χ0) is 12.0. The van der Waals surface area contributed by atoms with Gasteiger partial charge in [-0.1, -0.05) is 6.92 Å². The first-order valence-electron chi connectivity index (χ1n) is 6.30. The lowest BCUT2D eigenvalue weighted by Gasteiger charge is -2.35. The second kappa shape index (κ2) is 6.86. The number of nitrogens with zero attached hydrogens (tertiary/aromatic N) is 1. The molecule has 2 N–H and O–H groups in total. The highest BCUT2D eigenvalue weighted by Crippen LogP contribution is 2.23. The Balaban J connectivity index is 2.45. The van der Waals surface area contributed by atoms with E-state index in [1.165, 1.54) is 0 Å². The topological polar surface area (TPSA) is 52.6 Å². The Bertz CT molecular complexity index is 213.